The normalized spacial score (nSPS) is 20.5. The summed E-state index contributed by atoms with van der Waals surface area (Å²) in [5.74, 6) is 0.0988. The van der Waals surface area contributed by atoms with Crippen molar-refractivity contribution in [2.24, 2.45) is 5.92 Å². The van der Waals surface area contributed by atoms with E-state index < -0.39 is 6.29 Å². The third-order valence-corrected chi connectivity index (χ3v) is 8.77. The Morgan fingerprint density at radius 2 is 1.56 bits per heavy atom. The molecule has 45 heavy (non-hydrogen) atoms. The highest BCUT2D eigenvalue weighted by molar-refractivity contribution is 5.73. The van der Waals surface area contributed by atoms with Crippen LogP contribution in [0.15, 0.2) is 103 Å². The molecule has 236 valence electrons. The van der Waals surface area contributed by atoms with Crippen LogP contribution in [0.1, 0.15) is 67.0 Å². The van der Waals surface area contributed by atoms with Gasteiger partial charge in [0.25, 0.3) is 0 Å². The lowest BCUT2D eigenvalue weighted by molar-refractivity contribution is -0.276. The summed E-state index contributed by atoms with van der Waals surface area (Å²) in [6.07, 6.45) is -0.775. The zero-order valence-corrected chi connectivity index (χ0v) is 26.6. The van der Waals surface area contributed by atoms with Gasteiger partial charge >= 0.3 is 6.03 Å². The first-order valence-electron chi connectivity index (χ1n) is 15.8. The number of urea groups is 1. The largest absolute Gasteiger partial charge is 0.392 e. The molecule has 0 bridgehead atoms. The summed E-state index contributed by atoms with van der Waals surface area (Å²) in [6.45, 7) is 8.13. The molecule has 0 radical (unpaired) electrons. The van der Waals surface area contributed by atoms with Crippen molar-refractivity contribution in [3.63, 3.8) is 0 Å². The summed E-state index contributed by atoms with van der Waals surface area (Å²) in [5.41, 5.74) is 7.36. The second kappa shape index (κ2) is 15.3. The number of benzene rings is 4. The van der Waals surface area contributed by atoms with Crippen molar-refractivity contribution in [1.29, 1.82) is 0 Å². The predicted molar refractivity (Wildman–Crippen MR) is 178 cm³/mol. The number of rotatable bonds is 11. The van der Waals surface area contributed by atoms with E-state index in [0.717, 1.165) is 39.9 Å². The number of nitrogens with zero attached hydrogens (tertiary/aromatic N) is 1. The first-order chi connectivity index (χ1) is 21.9. The number of nitrogens with one attached hydrogen (secondary N) is 2. The van der Waals surface area contributed by atoms with E-state index in [9.17, 15) is 9.90 Å². The quantitative estimate of drug-likeness (QED) is 0.169. The van der Waals surface area contributed by atoms with Crippen LogP contribution in [0, 0.1) is 5.92 Å². The van der Waals surface area contributed by atoms with Gasteiger partial charge in [-0.3, -0.25) is 4.90 Å². The van der Waals surface area contributed by atoms with Crippen LogP contribution in [0.25, 0.3) is 11.1 Å². The van der Waals surface area contributed by atoms with Crippen molar-refractivity contribution in [2.45, 2.75) is 58.5 Å². The van der Waals surface area contributed by atoms with E-state index >= 15 is 0 Å². The lowest BCUT2D eigenvalue weighted by Crippen LogP contribution is -2.44. The molecule has 4 aromatic rings. The molecule has 1 heterocycles. The summed E-state index contributed by atoms with van der Waals surface area (Å²) < 4.78 is 13.4. The molecule has 1 aliphatic rings. The Bertz CT molecular complexity index is 1510. The van der Waals surface area contributed by atoms with Gasteiger partial charge in [-0.1, -0.05) is 104 Å². The second-order valence-electron chi connectivity index (χ2n) is 11.9. The molecule has 5 rings (SSSR count). The number of hydrogen-bond donors (Lipinski definition) is 3. The maximum Gasteiger partial charge on any atom is 0.315 e. The molecular weight excluding hydrogens is 562 g/mol. The lowest BCUT2D eigenvalue weighted by atomic mass is 9.89. The average molecular weight is 608 g/mol. The van der Waals surface area contributed by atoms with Gasteiger partial charge in [-0.15, -0.1) is 0 Å². The molecule has 0 spiro atoms. The molecule has 7 nitrogen and oxygen atoms in total. The van der Waals surface area contributed by atoms with Crippen LogP contribution in [0.5, 0.6) is 0 Å². The monoisotopic (exact) mass is 607 g/mol. The average Bonchev–Trinajstić information content (AvgIpc) is 3.08. The fraction of sp³-hybridized carbons (Fsp3) is 0.342. The van der Waals surface area contributed by atoms with Crippen LogP contribution in [0.4, 0.5) is 4.79 Å². The standard InChI is InChI=1S/C38H45N3O4/c1-5-39-38(43)40-23-29-10-9-13-34(22-29)31-18-20-33(21-19-31)37-44-35(24-41(4)27(3)30-11-7-6-8-12-30)26(2)36(45-37)32-16-14-28(25-42)15-17-32/h6-22,26-27,35-37,42H,5,23-25H2,1-4H3,(H2,39,40,43)/t26-,27+,35+,36+,37+/m1/s1. The summed E-state index contributed by atoms with van der Waals surface area (Å²) in [4.78, 5) is 14.2. The Hall–Kier alpha value is -4.01. The van der Waals surface area contributed by atoms with Gasteiger partial charge in [-0.25, -0.2) is 4.79 Å². The molecule has 1 saturated heterocycles. The molecule has 1 aliphatic heterocycles. The van der Waals surface area contributed by atoms with E-state index in [1.807, 2.05) is 37.3 Å². The Kier molecular flexibility index (Phi) is 11.0. The molecule has 0 saturated carbocycles. The number of hydrogen-bond acceptors (Lipinski definition) is 5. The molecule has 0 unspecified atom stereocenters. The molecule has 4 aromatic carbocycles. The van der Waals surface area contributed by atoms with Gasteiger partial charge in [0.05, 0.1) is 18.8 Å². The molecule has 0 aliphatic carbocycles. The molecule has 7 heteroatoms. The van der Waals surface area contributed by atoms with Crippen LogP contribution in [-0.2, 0) is 22.6 Å². The Labute approximate surface area is 267 Å². The molecule has 5 atom stereocenters. The zero-order valence-electron chi connectivity index (χ0n) is 26.6. The maximum absolute atomic E-state index is 11.8. The first kappa shape index (κ1) is 32.4. The Morgan fingerprint density at radius 1 is 0.844 bits per heavy atom. The van der Waals surface area contributed by atoms with E-state index in [1.54, 1.807) is 0 Å². The van der Waals surface area contributed by atoms with Crippen LogP contribution < -0.4 is 10.6 Å². The van der Waals surface area contributed by atoms with E-state index in [2.05, 4.69) is 109 Å². The third-order valence-electron chi connectivity index (χ3n) is 8.77. The van der Waals surface area contributed by atoms with Crippen molar-refractivity contribution in [3.05, 3.63) is 131 Å². The Balaban J connectivity index is 1.35. The minimum Gasteiger partial charge on any atom is -0.392 e. The summed E-state index contributed by atoms with van der Waals surface area (Å²) in [6, 6.07) is 35.2. The number of likely N-dealkylation sites (N-methyl/N-ethyl adjacent to an activating group) is 1. The summed E-state index contributed by atoms with van der Waals surface area (Å²) in [7, 11) is 2.15. The number of aliphatic hydroxyl groups is 1. The zero-order chi connectivity index (χ0) is 31.8. The molecule has 2 amide bonds. The van der Waals surface area contributed by atoms with Crippen LogP contribution in [0.3, 0.4) is 0 Å². The van der Waals surface area contributed by atoms with Gasteiger partial charge in [0.1, 0.15) is 0 Å². The van der Waals surface area contributed by atoms with Crippen LogP contribution in [0.2, 0.25) is 0 Å². The van der Waals surface area contributed by atoms with Gasteiger partial charge in [0, 0.05) is 37.2 Å². The summed E-state index contributed by atoms with van der Waals surface area (Å²) >= 11 is 0. The third kappa shape index (κ3) is 8.18. The molecule has 0 aromatic heterocycles. The highest BCUT2D eigenvalue weighted by Crippen LogP contribution is 2.42. The fourth-order valence-electron chi connectivity index (χ4n) is 5.86. The highest BCUT2D eigenvalue weighted by atomic mass is 16.7. The minimum atomic E-state index is -0.532. The van der Waals surface area contributed by atoms with E-state index in [1.165, 1.54) is 5.56 Å². The number of carbonyl (C=O) groups excluding carboxylic acids is 1. The van der Waals surface area contributed by atoms with Gasteiger partial charge in [-0.05, 0) is 60.3 Å². The van der Waals surface area contributed by atoms with Crippen molar-refractivity contribution in [3.8, 4) is 11.1 Å². The van der Waals surface area contributed by atoms with E-state index in [-0.39, 0.29) is 36.8 Å². The Morgan fingerprint density at radius 3 is 2.24 bits per heavy atom. The second-order valence-corrected chi connectivity index (χ2v) is 11.9. The van der Waals surface area contributed by atoms with E-state index in [4.69, 9.17) is 9.47 Å². The van der Waals surface area contributed by atoms with Crippen molar-refractivity contribution in [2.75, 3.05) is 20.1 Å². The molecule has 3 N–H and O–H groups in total. The first-order valence-corrected chi connectivity index (χ1v) is 15.8. The maximum atomic E-state index is 11.8. The smallest absolute Gasteiger partial charge is 0.315 e. The van der Waals surface area contributed by atoms with Crippen LogP contribution in [-0.4, -0.2) is 42.3 Å². The minimum absolute atomic E-state index is 0.0118. The van der Waals surface area contributed by atoms with Gasteiger partial charge in [0.15, 0.2) is 6.29 Å². The predicted octanol–water partition coefficient (Wildman–Crippen LogP) is 7.15. The summed E-state index contributed by atoms with van der Waals surface area (Å²) in [5, 5.41) is 15.2. The topological polar surface area (TPSA) is 83.1 Å². The SMILES string of the molecule is CCNC(=O)NCc1cccc(-c2ccc([C@H]3O[C@@H](CN(C)[C@@H](C)c4ccccc4)[C@@H](C)[C@@H](c4ccc(CO)cc4)O3)cc2)c1. The molecular formula is C38H45N3O4. The van der Waals surface area contributed by atoms with Crippen molar-refractivity contribution in [1.82, 2.24) is 15.5 Å². The van der Waals surface area contributed by atoms with Gasteiger partial charge in [0.2, 0.25) is 0 Å². The number of amides is 2. The molecule has 1 fully saturated rings. The van der Waals surface area contributed by atoms with Crippen molar-refractivity contribution >= 4 is 6.03 Å². The lowest BCUT2D eigenvalue weighted by Gasteiger charge is -2.43. The van der Waals surface area contributed by atoms with E-state index in [0.29, 0.717) is 13.1 Å². The highest BCUT2D eigenvalue weighted by Gasteiger charge is 2.39. The van der Waals surface area contributed by atoms with Crippen LogP contribution >= 0.6 is 0 Å². The number of aliphatic hydroxyl groups excluding tert-OH is 1. The van der Waals surface area contributed by atoms with Gasteiger partial charge < -0.3 is 25.2 Å². The van der Waals surface area contributed by atoms with Crippen molar-refractivity contribution < 1.29 is 19.4 Å². The number of carbonyl (C=O) groups is 1. The fourth-order valence-corrected chi connectivity index (χ4v) is 5.86. The van der Waals surface area contributed by atoms with Gasteiger partial charge in [-0.2, -0.15) is 0 Å². The number of ether oxygens (including phenoxy) is 2.